The second-order valence-electron chi connectivity index (χ2n) is 4.39. The van der Waals surface area contributed by atoms with Crippen LogP contribution in [0.2, 0.25) is 0 Å². The molecule has 0 aliphatic rings. The molecule has 3 rings (SSSR count). The first-order chi connectivity index (χ1) is 10.4. The first-order valence-electron chi connectivity index (χ1n) is 5.97. The van der Waals surface area contributed by atoms with Crippen molar-refractivity contribution in [2.24, 2.45) is 0 Å². The zero-order valence-electron chi connectivity index (χ0n) is 10.7. The predicted octanol–water partition coefficient (Wildman–Crippen LogP) is 3.86. The molecule has 0 saturated carbocycles. The van der Waals surface area contributed by atoms with Crippen LogP contribution in [0.15, 0.2) is 35.0 Å². The fraction of sp³-hybridized carbons (Fsp3) is 0.0714. The van der Waals surface area contributed by atoms with Gasteiger partial charge in [-0.2, -0.15) is 13.2 Å². The average molecular weight is 310 g/mol. The minimum atomic E-state index is -4.70. The molecule has 22 heavy (non-hydrogen) atoms. The van der Waals surface area contributed by atoms with E-state index in [2.05, 4.69) is 9.97 Å². The summed E-state index contributed by atoms with van der Waals surface area (Å²) in [6.45, 7) is 0. The quantitative estimate of drug-likeness (QED) is 0.533. The maximum Gasteiger partial charge on any atom is 0.434 e. The van der Waals surface area contributed by atoms with Gasteiger partial charge >= 0.3 is 6.18 Å². The van der Waals surface area contributed by atoms with Gasteiger partial charge in [-0.15, -0.1) is 0 Å². The highest BCUT2D eigenvalue weighted by molar-refractivity contribution is 5.86. The Morgan fingerprint density at radius 3 is 2.55 bits per heavy atom. The van der Waals surface area contributed by atoms with Gasteiger partial charge in [-0.25, -0.2) is 14.4 Å². The van der Waals surface area contributed by atoms with Crippen molar-refractivity contribution in [1.29, 1.82) is 0 Å². The van der Waals surface area contributed by atoms with Crippen LogP contribution in [0.3, 0.4) is 0 Å². The molecule has 0 fully saturated rings. The second kappa shape index (κ2) is 4.90. The molecular weight excluding hydrogens is 304 g/mol. The van der Waals surface area contributed by atoms with E-state index in [-0.39, 0.29) is 28.0 Å². The van der Waals surface area contributed by atoms with Crippen LogP contribution < -0.4 is 0 Å². The van der Waals surface area contributed by atoms with Crippen molar-refractivity contribution in [3.63, 3.8) is 0 Å². The maximum absolute atomic E-state index is 14.1. The van der Waals surface area contributed by atoms with Crippen LogP contribution in [-0.2, 0) is 6.18 Å². The first kappa shape index (κ1) is 14.2. The number of carbonyl (C=O) groups is 1. The van der Waals surface area contributed by atoms with Gasteiger partial charge in [-0.05, 0) is 18.2 Å². The number of rotatable bonds is 2. The van der Waals surface area contributed by atoms with Crippen LogP contribution in [0.5, 0.6) is 0 Å². The number of furan rings is 1. The lowest BCUT2D eigenvalue weighted by Gasteiger charge is -2.10. The van der Waals surface area contributed by atoms with E-state index in [9.17, 15) is 22.4 Å². The average Bonchev–Trinajstić information content (AvgIpc) is 2.93. The van der Waals surface area contributed by atoms with Gasteiger partial charge in [0.15, 0.2) is 17.7 Å². The highest BCUT2D eigenvalue weighted by atomic mass is 19.4. The number of nitrogens with zero attached hydrogens (tertiary/aromatic N) is 2. The van der Waals surface area contributed by atoms with E-state index < -0.39 is 17.7 Å². The highest BCUT2D eigenvalue weighted by Gasteiger charge is 2.35. The predicted molar refractivity (Wildman–Crippen MR) is 67.6 cm³/mol. The van der Waals surface area contributed by atoms with E-state index in [1.54, 1.807) is 0 Å². The first-order valence-corrected chi connectivity index (χ1v) is 5.97. The summed E-state index contributed by atoms with van der Waals surface area (Å²) < 4.78 is 58.0. The molecule has 0 saturated heterocycles. The third kappa shape index (κ3) is 2.32. The third-order valence-electron chi connectivity index (χ3n) is 3.00. The molecule has 3 aromatic rings. The lowest BCUT2D eigenvalue weighted by atomic mass is 10.1. The molecule has 0 aliphatic heterocycles. The highest BCUT2D eigenvalue weighted by Crippen LogP contribution is 2.35. The number of hydrogen-bond acceptors (Lipinski definition) is 4. The molecule has 0 spiro atoms. The van der Waals surface area contributed by atoms with Gasteiger partial charge in [0.1, 0.15) is 17.9 Å². The summed E-state index contributed by atoms with van der Waals surface area (Å²) in [7, 11) is 0. The Bertz CT molecular complexity index is 871. The molecule has 2 heterocycles. The molecule has 4 nitrogen and oxygen atoms in total. The Hall–Kier alpha value is -2.77. The number of fused-ring (bicyclic) bond motifs is 1. The zero-order valence-corrected chi connectivity index (χ0v) is 10.7. The number of halogens is 4. The fourth-order valence-corrected chi connectivity index (χ4v) is 2.05. The SMILES string of the molecule is O=Cc1ccc(-c2cc3c(C(F)(F)F)ncnc3cc2F)o1. The molecule has 2 aromatic heterocycles. The van der Waals surface area contributed by atoms with Crippen LogP contribution in [0.25, 0.3) is 22.2 Å². The van der Waals surface area contributed by atoms with Crippen molar-refractivity contribution < 1.29 is 26.8 Å². The number of aldehydes is 1. The summed E-state index contributed by atoms with van der Waals surface area (Å²) in [6, 6.07) is 4.41. The Morgan fingerprint density at radius 1 is 1.14 bits per heavy atom. The summed E-state index contributed by atoms with van der Waals surface area (Å²) in [5, 5.41) is -0.351. The van der Waals surface area contributed by atoms with Gasteiger partial charge in [0, 0.05) is 11.5 Å². The number of aromatic nitrogens is 2. The molecule has 1 aromatic carbocycles. The lowest BCUT2D eigenvalue weighted by molar-refractivity contribution is -0.139. The molecule has 8 heteroatoms. The van der Waals surface area contributed by atoms with E-state index in [4.69, 9.17) is 4.42 Å². The largest absolute Gasteiger partial charge is 0.453 e. The number of benzene rings is 1. The monoisotopic (exact) mass is 310 g/mol. The summed E-state index contributed by atoms with van der Waals surface area (Å²) in [4.78, 5) is 17.4. The minimum absolute atomic E-state index is 0.0570. The summed E-state index contributed by atoms with van der Waals surface area (Å²) in [6.07, 6.45) is -3.57. The summed E-state index contributed by atoms with van der Waals surface area (Å²) in [5.74, 6) is -0.931. The van der Waals surface area contributed by atoms with Crippen LogP contribution in [0, 0.1) is 5.82 Å². The molecule has 0 atom stereocenters. The van der Waals surface area contributed by atoms with E-state index in [0.29, 0.717) is 6.29 Å². The number of alkyl halides is 3. The molecule has 0 aliphatic carbocycles. The van der Waals surface area contributed by atoms with E-state index in [1.165, 1.54) is 12.1 Å². The topological polar surface area (TPSA) is 56.0 Å². The smallest absolute Gasteiger partial charge is 0.434 e. The van der Waals surface area contributed by atoms with E-state index in [1.807, 2.05) is 0 Å². The van der Waals surface area contributed by atoms with E-state index in [0.717, 1.165) is 18.5 Å². The van der Waals surface area contributed by atoms with Crippen LogP contribution in [-0.4, -0.2) is 16.3 Å². The second-order valence-corrected chi connectivity index (χ2v) is 4.39. The van der Waals surface area contributed by atoms with Gasteiger partial charge in [-0.1, -0.05) is 0 Å². The van der Waals surface area contributed by atoms with Crippen molar-refractivity contribution in [3.8, 4) is 11.3 Å². The Kier molecular flexibility index (Phi) is 3.16. The van der Waals surface area contributed by atoms with Crippen molar-refractivity contribution in [1.82, 2.24) is 9.97 Å². The van der Waals surface area contributed by atoms with Crippen LogP contribution in [0.1, 0.15) is 16.2 Å². The third-order valence-corrected chi connectivity index (χ3v) is 3.00. The van der Waals surface area contributed by atoms with Crippen molar-refractivity contribution in [2.45, 2.75) is 6.18 Å². The molecule has 0 radical (unpaired) electrons. The lowest BCUT2D eigenvalue weighted by Crippen LogP contribution is -2.09. The fourth-order valence-electron chi connectivity index (χ4n) is 2.05. The number of hydrogen-bond donors (Lipinski definition) is 0. The Labute approximate surface area is 120 Å². The normalized spacial score (nSPS) is 11.8. The van der Waals surface area contributed by atoms with Gasteiger partial charge in [0.2, 0.25) is 0 Å². The minimum Gasteiger partial charge on any atom is -0.453 e. The molecule has 0 amide bonds. The van der Waals surface area contributed by atoms with Gasteiger partial charge in [-0.3, -0.25) is 4.79 Å². The zero-order chi connectivity index (χ0) is 15.9. The van der Waals surface area contributed by atoms with Crippen molar-refractivity contribution in [3.05, 3.63) is 47.9 Å². The van der Waals surface area contributed by atoms with Crippen LogP contribution in [0.4, 0.5) is 17.6 Å². The van der Waals surface area contributed by atoms with Gasteiger partial charge < -0.3 is 4.42 Å². The maximum atomic E-state index is 14.1. The molecular formula is C14H6F4N2O2. The van der Waals surface area contributed by atoms with Gasteiger partial charge in [0.25, 0.3) is 0 Å². The molecule has 0 bridgehead atoms. The molecule has 0 N–H and O–H groups in total. The summed E-state index contributed by atoms with van der Waals surface area (Å²) >= 11 is 0. The Balaban J connectivity index is 2.28. The van der Waals surface area contributed by atoms with E-state index >= 15 is 0 Å². The van der Waals surface area contributed by atoms with Gasteiger partial charge in [0.05, 0.1) is 11.1 Å². The summed E-state index contributed by atoms with van der Waals surface area (Å²) in [5.41, 5.74) is -1.55. The van der Waals surface area contributed by atoms with Crippen LogP contribution >= 0.6 is 0 Å². The molecule has 0 unspecified atom stereocenters. The van der Waals surface area contributed by atoms with Crippen molar-refractivity contribution >= 4 is 17.2 Å². The number of carbonyl (C=O) groups excluding carboxylic acids is 1. The molecule has 112 valence electrons. The standard InChI is InChI=1S/C14H6F4N2O2/c15-10-4-11-9(13(14(16,17)18)20-6-19-11)3-8(10)12-2-1-7(5-21)22-12/h1-6H. The Morgan fingerprint density at radius 2 is 1.91 bits per heavy atom. The van der Waals surface area contributed by atoms with Crippen molar-refractivity contribution in [2.75, 3.05) is 0 Å².